The first-order valence-corrected chi connectivity index (χ1v) is 8.11. The minimum absolute atomic E-state index is 0.0698. The van der Waals surface area contributed by atoms with Crippen molar-refractivity contribution in [3.8, 4) is 0 Å². The zero-order valence-electron chi connectivity index (χ0n) is 14.2. The number of imide groups is 2. The molecular formula is C18H12N4O6. The molecule has 2 aliphatic rings. The summed E-state index contributed by atoms with van der Waals surface area (Å²) in [4.78, 5) is 74.7. The number of nitrogens with two attached hydrogens (primary N) is 2. The van der Waals surface area contributed by atoms with Crippen LogP contribution in [0.2, 0.25) is 0 Å². The van der Waals surface area contributed by atoms with Crippen LogP contribution >= 0.6 is 0 Å². The highest BCUT2D eigenvalue weighted by Gasteiger charge is 2.40. The maximum Gasteiger partial charge on any atom is 0.261 e. The highest BCUT2D eigenvalue weighted by Crippen LogP contribution is 2.37. The maximum absolute atomic E-state index is 12.7. The van der Waals surface area contributed by atoms with Crippen molar-refractivity contribution in [1.82, 2.24) is 9.80 Å². The predicted octanol–water partition coefficient (Wildman–Crippen LogP) is -0.998. The Bertz CT molecular complexity index is 1010. The molecule has 2 aromatic rings. The van der Waals surface area contributed by atoms with Crippen LogP contribution in [0.15, 0.2) is 24.3 Å². The van der Waals surface area contributed by atoms with Crippen LogP contribution in [0.25, 0.3) is 10.8 Å². The second-order valence-corrected chi connectivity index (χ2v) is 6.40. The average Bonchev–Trinajstić information content (AvgIpc) is 2.64. The van der Waals surface area contributed by atoms with Crippen molar-refractivity contribution in [2.45, 2.75) is 0 Å². The summed E-state index contributed by atoms with van der Waals surface area (Å²) in [7, 11) is 0. The van der Waals surface area contributed by atoms with Crippen LogP contribution in [-0.2, 0) is 9.59 Å². The lowest BCUT2D eigenvalue weighted by Crippen LogP contribution is -2.47. The van der Waals surface area contributed by atoms with Crippen LogP contribution in [0.1, 0.15) is 41.4 Å². The minimum atomic E-state index is -0.858. The maximum atomic E-state index is 12.7. The quantitative estimate of drug-likeness (QED) is 0.647. The predicted molar refractivity (Wildman–Crippen MR) is 93.1 cm³/mol. The van der Waals surface area contributed by atoms with Crippen molar-refractivity contribution >= 4 is 46.2 Å². The van der Waals surface area contributed by atoms with E-state index in [-0.39, 0.29) is 33.0 Å². The van der Waals surface area contributed by atoms with Gasteiger partial charge in [-0.25, -0.2) is 0 Å². The van der Waals surface area contributed by atoms with E-state index in [1.807, 2.05) is 0 Å². The van der Waals surface area contributed by atoms with E-state index in [1.54, 1.807) is 0 Å². The van der Waals surface area contributed by atoms with Crippen LogP contribution in [0.5, 0.6) is 0 Å². The third-order valence-electron chi connectivity index (χ3n) is 4.69. The molecule has 2 aromatic carbocycles. The Morgan fingerprint density at radius 3 is 1.07 bits per heavy atom. The fraction of sp³-hybridized carbons (Fsp3) is 0.111. The normalized spacial score (nSPS) is 15.4. The molecule has 2 aliphatic heterocycles. The van der Waals surface area contributed by atoms with Crippen LogP contribution in [0.3, 0.4) is 0 Å². The SMILES string of the molecule is NC(=O)CN1C(=O)c2ccc3c4c(ccc(c24)C1=O)C(=O)N(CC(N)=O)C3=O. The second-order valence-electron chi connectivity index (χ2n) is 6.40. The summed E-state index contributed by atoms with van der Waals surface area (Å²) in [5.41, 5.74) is 10.5. The Morgan fingerprint density at radius 2 is 0.857 bits per heavy atom. The summed E-state index contributed by atoms with van der Waals surface area (Å²) in [6, 6.07) is 5.35. The first kappa shape index (κ1) is 17.3. The van der Waals surface area contributed by atoms with Crippen molar-refractivity contribution in [1.29, 1.82) is 0 Å². The summed E-state index contributed by atoms with van der Waals surface area (Å²) in [6.45, 7) is -1.18. The van der Waals surface area contributed by atoms with Gasteiger partial charge in [0.15, 0.2) is 0 Å². The summed E-state index contributed by atoms with van der Waals surface area (Å²) >= 11 is 0. The van der Waals surface area contributed by atoms with E-state index in [0.29, 0.717) is 9.80 Å². The minimum Gasteiger partial charge on any atom is -0.368 e. The van der Waals surface area contributed by atoms with Crippen LogP contribution < -0.4 is 11.5 Å². The number of amides is 6. The third-order valence-corrected chi connectivity index (χ3v) is 4.69. The standard InChI is InChI=1S/C18H12N4O6/c19-11(23)5-21-15(25)7-1-2-8-14-10(4-3-9(13(7)14)17(21)27)18(28)22(16(8)26)6-12(20)24/h1-4H,5-6H2,(H2,19,23)(H2,20,24). The molecule has 6 amide bonds. The van der Waals surface area contributed by atoms with Crippen LogP contribution in [-0.4, -0.2) is 58.3 Å². The van der Waals surface area contributed by atoms with Crippen molar-refractivity contribution in [2.24, 2.45) is 11.5 Å². The molecule has 0 fully saturated rings. The summed E-state index contributed by atoms with van der Waals surface area (Å²) in [5.74, 6) is -4.72. The third kappa shape index (κ3) is 2.21. The molecule has 28 heavy (non-hydrogen) atoms. The molecule has 0 unspecified atom stereocenters. The lowest BCUT2D eigenvalue weighted by Gasteiger charge is -2.31. The number of benzene rings is 2. The van der Waals surface area contributed by atoms with Gasteiger partial charge >= 0.3 is 0 Å². The number of hydrogen-bond acceptors (Lipinski definition) is 6. The van der Waals surface area contributed by atoms with Crippen molar-refractivity contribution < 1.29 is 28.8 Å². The topological polar surface area (TPSA) is 161 Å². The summed E-state index contributed by atoms with van der Waals surface area (Å²) in [5, 5.41) is 0.317. The number of carbonyl (C=O) groups excluding carboxylic acids is 6. The summed E-state index contributed by atoms with van der Waals surface area (Å²) in [6.07, 6.45) is 0. The summed E-state index contributed by atoms with van der Waals surface area (Å²) < 4.78 is 0. The monoisotopic (exact) mass is 380 g/mol. The zero-order valence-corrected chi connectivity index (χ0v) is 14.2. The van der Waals surface area contributed by atoms with Gasteiger partial charge in [0.25, 0.3) is 23.6 Å². The lowest BCUT2D eigenvalue weighted by molar-refractivity contribution is -0.119. The molecule has 4 rings (SSSR count). The molecule has 0 bridgehead atoms. The molecule has 2 heterocycles. The molecule has 0 radical (unpaired) electrons. The molecule has 4 N–H and O–H groups in total. The molecule has 0 aliphatic carbocycles. The molecule has 140 valence electrons. The number of rotatable bonds is 4. The molecule has 0 spiro atoms. The Kier molecular flexibility index (Phi) is 3.54. The Labute approximate surface area is 156 Å². The van der Waals surface area contributed by atoms with Crippen molar-refractivity contribution in [3.05, 3.63) is 46.5 Å². The molecule has 0 saturated heterocycles. The number of nitrogens with zero attached hydrogens (tertiary/aromatic N) is 2. The van der Waals surface area contributed by atoms with Gasteiger partial charge in [-0.1, -0.05) is 0 Å². The molecule has 10 heteroatoms. The van der Waals surface area contributed by atoms with Gasteiger partial charge in [-0.05, 0) is 24.3 Å². The van der Waals surface area contributed by atoms with E-state index in [0.717, 1.165) is 0 Å². The van der Waals surface area contributed by atoms with Gasteiger partial charge in [0.05, 0.1) is 0 Å². The molecule has 0 aromatic heterocycles. The van der Waals surface area contributed by atoms with E-state index >= 15 is 0 Å². The number of carbonyl (C=O) groups is 6. The van der Waals surface area contributed by atoms with E-state index < -0.39 is 48.5 Å². The van der Waals surface area contributed by atoms with E-state index in [4.69, 9.17) is 11.5 Å². The van der Waals surface area contributed by atoms with Gasteiger partial charge < -0.3 is 11.5 Å². The number of primary amides is 2. The highest BCUT2D eigenvalue weighted by atomic mass is 16.2. The van der Waals surface area contributed by atoms with E-state index in [2.05, 4.69) is 0 Å². The molecular weight excluding hydrogens is 368 g/mol. The Morgan fingerprint density at radius 1 is 0.607 bits per heavy atom. The van der Waals surface area contributed by atoms with E-state index in [9.17, 15) is 28.8 Å². The number of hydrogen-bond donors (Lipinski definition) is 2. The first-order chi connectivity index (χ1) is 13.2. The van der Waals surface area contributed by atoms with Gasteiger partial charge in [-0.3, -0.25) is 38.6 Å². The zero-order chi connectivity index (χ0) is 20.3. The highest BCUT2D eigenvalue weighted by molar-refractivity contribution is 6.33. The smallest absolute Gasteiger partial charge is 0.261 e. The fourth-order valence-corrected chi connectivity index (χ4v) is 3.57. The van der Waals surface area contributed by atoms with Gasteiger partial charge in [-0.15, -0.1) is 0 Å². The average molecular weight is 380 g/mol. The van der Waals surface area contributed by atoms with Crippen LogP contribution in [0.4, 0.5) is 0 Å². The Balaban J connectivity index is 1.98. The molecule has 0 atom stereocenters. The lowest BCUT2D eigenvalue weighted by atomic mass is 9.86. The van der Waals surface area contributed by atoms with Crippen molar-refractivity contribution in [2.75, 3.05) is 13.1 Å². The second kappa shape index (κ2) is 5.71. The van der Waals surface area contributed by atoms with Crippen LogP contribution in [0, 0.1) is 0 Å². The molecule has 0 saturated carbocycles. The van der Waals surface area contributed by atoms with Gasteiger partial charge in [-0.2, -0.15) is 0 Å². The van der Waals surface area contributed by atoms with Crippen molar-refractivity contribution in [3.63, 3.8) is 0 Å². The van der Waals surface area contributed by atoms with E-state index in [1.165, 1.54) is 24.3 Å². The Hall–Kier alpha value is -4.08. The largest absolute Gasteiger partial charge is 0.368 e. The van der Waals surface area contributed by atoms with Gasteiger partial charge in [0.2, 0.25) is 11.8 Å². The van der Waals surface area contributed by atoms with Gasteiger partial charge in [0, 0.05) is 33.0 Å². The first-order valence-electron chi connectivity index (χ1n) is 8.11. The van der Waals surface area contributed by atoms with Gasteiger partial charge in [0.1, 0.15) is 13.1 Å². The molecule has 10 nitrogen and oxygen atoms in total. The fourth-order valence-electron chi connectivity index (χ4n) is 3.57.